The van der Waals surface area contributed by atoms with Gasteiger partial charge in [0.1, 0.15) is 12.4 Å². The summed E-state index contributed by atoms with van der Waals surface area (Å²) in [6.07, 6.45) is 2.84. The molecule has 0 fully saturated rings. The Balaban J connectivity index is 2.04. The number of aromatic hydroxyl groups is 1. The number of nitrogens with zero attached hydrogens (tertiary/aromatic N) is 2. The summed E-state index contributed by atoms with van der Waals surface area (Å²) in [6, 6.07) is 2.69. The molecule has 0 radical (unpaired) electrons. The minimum Gasteiger partial charge on any atom is -0.504 e. The lowest BCUT2D eigenvalue weighted by Gasteiger charge is -2.15. The zero-order chi connectivity index (χ0) is 14.0. The standard InChI is InChI=1S/C13H19FN2O2Si/c1-19(2,3)7-6-18-9-16-5-4-10-12(14)11(17)8-15-13(10)16/h4-5,8,17H,6-7,9H2,1-3H3. The molecule has 2 heterocycles. The maximum atomic E-state index is 13.6. The third-order valence-corrected chi connectivity index (χ3v) is 4.64. The number of rotatable bonds is 5. The molecule has 0 spiro atoms. The van der Waals surface area contributed by atoms with Gasteiger partial charge >= 0.3 is 0 Å². The molecule has 0 saturated carbocycles. The molecule has 0 saturated heterocycles. The quantitative estimate of drug-likeness (QED) is 0.676. The first-order valence-electron chi connectivity index (χ1n) is 6.28. The fourth-order valence-corrected chi connectivity index (χ4v) is 2.50. The van der Waals surface area contributed by atoms with Crippen molar-refractivity contribution in [1.82, 2.24) is 9.55 Å². The second-order valence-electron chi connectivity index (χ2n) is 5.83. The minimum atomic E-state index is -1.09. The molecule has 0 atom stereocenters. The first-order chi connectivity index (χ1) is 8.88. The maximum Gasteiger partial charge on any atom is 0.177 e. The molecular weight excluding hydrogens is 263 g/mol. The van der Waals surface area contributed by atoms with Crippen LogP contribution < -0.4 is 0 Å². The van der Waals surface area contributed by atoms with Crippen molar-refractivity contribution in [1.29, 1.82) is 0 Å². The summed E-state index contributed by atoms with van der Waals surface area (Å²) < 4.78 is 21.0. The average Bonchev–Trinajstić information content (AvgIpc) is 2.72. The van der Waals surface area contributed by atoms with Gasteiger partial charge in [0.25, 0.3) is 0 Å². The van der Waals surface area contributed by atoms with E-state index in [1.165, 1.54) is 0 Å². The van der Waals surface area contributed by atoms with Crippen LogP contribution in [0.2, 0.25) is 25.7 Å². The fraction of sp³-hybridized carbons (Fsp3) is 0.462. The van der Waals surface area contributed by atoms with Crippen LogP contribution in [0.4, 0.5) is 4.39 Å². The second kappa shape index (κ2) is 5.30. The molecule has 2 aromatic heterocycles. The number of hydrogen-bond acceptors (Lipinski definition) is 3. The van der Waals surface area contributed by atoms with E-state index in [0.29, 0.717) is 24.4 Å². The molecule has 0 amide bonds. The summed E-state index contributed by atoms with van der Waals surface area (Å²) in [7, 11) is -1.09. The van der Waals surface area contributed by atoms with Crippen LogP contribution in [-0.2, 0) is 11.5 Å². The number of halogens is 1. The van der Waals surface area contributed by atoms with E-state index in [1.807, 2.05) is 0 Å². The highest BCUT2D eigenvalue weighted by molar-refractivity contribution is 6.76. The Bertz CT molecular complexity index is 578. The molecule has 1 N–H and O–H groups in total. The Morgan fingerprint density at radius 3 is 2.84 bits per heavy atom. The number of fused-ring (bicyclic) bond motifs is 1. The van der Waals surface area contributed by atoms with Gasteiger partial charge in [-0.3, -0.25) is 0 Å². The maximum absolute atomic E-state index is 13.6. The Hall–Kier alpha value is -1.40. The van der Waals surface area contributed by atoms with E-state index >= 15 is 0 Å². The predicted molar refractivity (Wildman–Crippen MR) is 75.5 cm³/mol. The molecule has 0 aliphatic heterocycles. The number of ether oxygens (including phenoxy) is 1. The molecule has 0 aliphatic rings. The molecule has 0 unspecified atom stereocenters. The van der Waals surface area contributed by atoms with Gasteiger partial charge in [0, 0.05) is 20.9 Å². The van der Waals surface area contributed by atoms with Gasteiger partial charge in [-0.2, -0.15) is 0 Å². The van der Waals surface area contributed by atoms with E-state index < -0.39 is 19.6 Å². The average molecular weight is 282 g/mol. The number of pyridine rings is 1. The molecule has 2 aromatic rings. The van der Waals surface area contributed by atoms with Crippen molar-refractivity contribution in [3.8, 4) is 5.75 Å². The summed E-state index contributed by atoms with van der Waals surface area (Å²) in [5, 5.41) is 9.57. The van der Waals surface area contributed by atoms with Crippen LogP contribution in [0.15, 0.2) is 18.5 Å². The summed E-state index contributed by atoms with van der Waals surface area (Å²) in [4.78, 5) is 4.03. The van der Waals surface area contributed by atoms with Gasteiger partial charge < -0.3 is 14.4 Å². The van der Waals surface area contributed by atoms with Crippen molar-refractivity contribution in [2.45, 2.75) is 32.4 Å². The lowest BCUT2D eigenvalue weighted by Crippen LogP contribution is -2.22. The molecule has 0 aromatic carbocycles. The van der Waals surface area contributed by atoms with Crippen molar-refractivity contribution in [3.05, 3.63) is 24.3 Å². The Labute approximate surface area is 112 Å². The van der Waals surface area contributed by atoms with Crippen LogP contribution in [0, 0.1) is 5.82 Å². The van der Waals surface area contributed by atoms with Crippen LogP contribution in [-0.4, -0.2) is 29.3 Å². The largest absolute Gasteiger partial charge is 0.504 e. The van der Waals surface area contributed by atoms with Gasteiger partial charge in [-0.1, -0.05) is 19.6 Å². The van der Waals surface area contributed by atoms with Crippen molar-refractivity contribution in [2.75, 3.05) is 6.61 Å². The van der Waals surface area contributed by atoms with E-state index in [4.69, 9.17) is 4.74 Å². The van der Waals surface area contributed by atoms with E-state index in [0.717, 1.165) is 12.2 Å². The lowest BCUT2D eigenvalue weighted by molar-refractivity contribution is 0.0898. The van der Waals surface area contributed by atoms with E-state index in [9.17, 15) is 9.50 Å². The molecule has 0 bridgehead atoms. The molecule has 6 heteroatoms. The van der Waals surface area contributed by atoms with Crippen molar-refractivity contribution in [2.24, 2.45) is 0 Å². The third kappa shape index (κ3) is 3.33. The molecular formula is C13H19FN2O2Si. The van der Waals surface area contributed by atoms with Crippen molar-refractivity contribution >= 4 is 19.1 Å². The SMILES string of the molecule is C[Si](C)(C)CCOCn1ccc2c(F)c(O)cnc21. The van der Waals surface area contributed by atoms with Crippen LogP contribution in [0.25, 0.3) is 11.0 Å². The Morgan fingerprint density at radius 1 is 1.42 bits per heavy atom. The van der Waals surface area contributed by atoms with Gasteiger partial charge in [-0.25, -0.2) is 9.37 Å². The summed E-state index contributed by atoms with van der Waals surface area (Å²) in [5.41, 5.74) is 0.489. The summed E-state index contributed by atoms with van der Waals surface area (Å²) in [6.45, 7) is 7.94. The normalized spacial score (nSPS) is 12.2. The minimum absolute atomic E-state index is 0.314. The van der Waals surface area contributed by atoms with Gasteiger partial charge in [-0.15, -0.1) is 0 Å². The van der Waals surface area contributed by atoms with Gasteiger partial charge in [0.05, 0.1) is 11.6 Å². The topological polar surface area (TPSA) is 47.3 Å². The lowest BCUT2D eigenvalue weighted by atomic mass is 10.3. The van der Waals surface area contributed by atoms with Crippen LogP contribution in [0.3, 0.4) is 0 Å². The van der Waals surface area contributed by atoms with E-state index in [1.54, 1.807) is 16.8 Å². The summed E-state index contributed by atoms with van der Waals surface area (Å²) >= 11 is 0. The monoisotopic (exact) mass is 282 g/mol. The van der Waals surface area contributed by atoms with E-state index in [2.05, 4.69) is 24.6 Å². The van der Waals surface area contributed by atoms with Crippen LogP contribution in [0.1, 0.15) is 0 Å². The zero-order valence-electron chi connectivity index (χ0n) is 11.5. The fourth-order valence-electron chi connectivity index (χ4n) is 1.74. The van der Waals surface area contributed by atoms with Gasteiger partial charge in [0.15, 0.2) is 11.6 Å². The molecule has 104 valence electrons. The number of aromatic nitrogens is 2. The van der Waals surface area contributed by atoms with Gasteiger partial charge in [0.2, 0.25) is 0 Å². The summed E-state index contributed by atoms with van der Waals surface area (Å²) in [5.74, 6) is -1.06. The molecule has 0 aliphatic carbocycles. The van der Waals surface area contributed by atoms with Crippen molar-refractivity contribution < 1.29 is 14.2 Å². The van der Waals surface area contributed by atoms with Gasteiger partial charge in [-0.05, 0) is 12.1 Å². The predicted octanol–water partition coefficient (Wildman–Crippen LogP) is 3.19. The first kappa shape index (κ1) is 14.0. The Kier molecular flexibility index (Phi) is 3.91. The second-order valence-corrected chi connectivity index (χ2v) is 11.4. The number of hydrogen-bond donors (Lipinski definition) is 1. The third-order valence-electron chi connectivity index (χ3n) is 2.93. The highest BCUT2D eigenvalue weighted by atomic mass is 28.3. The first-order valence-corrected chi connectivity index (χ1v) is 9.99. The highest BCUT2D eigenvalue weighted by Crippen LogP contribution is 2.23. The highest BCUT2D eigenvalue weighted by Gasteiger charge is 2.13. The molecule has 19 heavy (non-hydrogen) atoms. The Morgan fingerprint density at radius 2 is 2.16 bits per heavy atom. The zero-order valence-corrected chi connectivity index (χ0v) is 12.5. The van der Waals surface area contributed by atoms with Crippen LogP contribution >= 0.6 is 0 Å². The molecule has 2 rings (SSSR count). The van der Waals surface area contributed by atoms with E-state index in [-0.39, 0.29) is 0 Å². The van der Waals surface area contributed by atoms with Crippen LogP contribution in [0.5, 0.6) is 5.75 Å². The smallest absolute Gasteiger partial charge is 0.177 e. The van der Waals surface area contributed by atoms with Crippen molar-refractivity contribution in [3.63, 3.8) is 0 Å². The molecule has 4 nitrogen and oxygen atoms in total.